The van der Waals surface area contributed by atoms with Crippen LogP contribution in [0.4, 0.5) is 9.18 Å². The van der Waals surface area contributed by atoms with E-state index >= 15 is 0 Å². The second kappa shape index (κ2) is 12.5. The third-order valence-electron chi connectivity index (χ3n) is 6.80. The van der Waals surface area contributed by atoms with Gasteiger partial charge in [0.2, 0.25) is 5.89 Å². The third kappa shape index (κ3) is 6.60. The molecule has 0 unspecified atom stereocenters. The average molecular weight is 595 g/mol. The molecule has 0 saturated carbocycles. The van der Waals surface area contributed by atoms with E-state index in [9.17, 15) is 14.0 Å². The van der Waals surface area contributed by atoms with E-state index < -0.39 is 18.2 Å². The van der Waals surface area contributed by atoms with E-state index in [4.69, 9.17) is 28.5 Å². The fourth-order valence-corrected chi connectivity index (χ4v) is 4.77. The number of carbonyl (C=O) groups is 2. The zero-order valence-corrected chi connectivity index (χ0v) is 24.2. The summed E-state index contributed by atoms with van der Waals surface area (Å²) in [5.74, 6) is 0.370. The van der Waals surface area contributed by atoms with Crippen molar-refractivity contribution >= 4 is 23.3 Å². The van der Waals surface area contributed by atoms with Gasteiger partial charge in [0, 0.05) is 24.6 Å². The van der Waals surface area contributed by atoms with Crippen molar-refractivity contribution in [3.8, 4) is 34.8 Å². The van der Waals surface area contributed by atoms with Crippen LogP contribution in [0.3, 0.4) is 0 Å². The zero-order chi connectivity index (χ0) is 30.7. The van der Waals surface area contributed by atoms with Crippen LogP contribution in [0.5, 0.6) is 23.4 Å². The minimum atomic E-state index is -1.42. The van der Waals surface area contributed by atoms with Crippen LogP contribution in [0.25, 0.3) is 22.7 Å². The highest BCUT2D eigenvalue weighted by Crippen LogP contribution is 2.34. The summed E-state index contributed by atoms with van der Waals surface area (Å²) in [5.41, 5.74) is 2.99. The summed E-state index contributed by atoms with van der Waals surface area (Å²) < 4.78 is 42.2. The lowest BCUT2D eigenvalue weighted by molar-refractivity contribution is -0.141. The van der Waals surface area contributed by atoms with Crippen molar-refractivity contribution in [2.75, 3.05) is 19.8 Å². The Morgan fingerprint density at radius 2 is 1.84 bits per heavy atom. The van der Waals surface area contributed by atoms with Crippen molar-refractivity contribution in [1.29, 1.82) is 0 Å². The Morgan fingerprint density at radius 3 is 2.53 bits per heavy atom. The maximum absolute atomic E-state index is 14.1. The average Bonchev–Trinajstić information content (AvgIpc) is 3.60. The Morgan fingerprint density at radius 1 is 1.07 bits per heavy atom. The number of carboxylic acid groups (broad SMARTS) is 1. The predicted molar refractivity (Wildman–Crippen MR) is 151 cm³/mol. The molecule has 4 aromatic rings. The van der Waals surface area contributed by atoms with Crippen LogP contribution >= 0.6 is 0 Å². The Labute approximate surface area is 246 Å². The smallest absolute Gasteiger partial charge is 0.483 e. The molecular formula is C30H31FN4O8. The first kappa shape index (κ1) is 29.5. The fourth-order valence-electron chi connectivity index (χ4n) is 4.77. The second-order valence-electron chi connectivity index (χ2n) is 10.1. The third-order valence-corrected chi connectivity index (χ3v) is 6.80. The SMILES string of the molecule is CCCOc1nc(Oc2ccc(C)c(F)c2)nc2oc(-c3cc(C)c(OCC(=O)N4CCC[C@@H]4OC(=O)O)c(C)c3)nc12. The molecule has 1 saturated heterocycles. The first-order valence-corrected chi connectivity index (χ1v) is 13.8. The molecule has 3 heterocycles. The standard InChI is InChI=1S/C30H31FN4O8/c1-5-11-39-27-24-28(34-29(33-27)41-20-9-8-16(2)21(31)14-20)43-26(32-24)19-12-17(3)25(18(4)13-19)40-15-22(36)35-10-6-7-23(35)42-30(37)38/h8-9,12-14,23H,5-7,10-11,15H2,1-4H3,(H,37,38)/t23-/m0/s1. The number of rotatable bonds is 10. The summed E-state index contributed by atoms with van der Waals surface area (Å²) in [6, 6.07) is 7.97. The normalized spacial score (nSPS) is 14.6. The number of ether oxygens (including phenoxy) is 4. The van der Waals surface area contributed by atoms with Gasteiger partial charge in [0.15, 0.2) is 18.4 Å². The number of nitrogens with zero attached hydrogens (tertiary/aromatic N) is 4. The Balaban J connectivity index is 1.38. The molecule has 226 valence electrons. The molecule has 1 aliphatic rings. The monoisotopic (exact) mass is 594 g/mol. The number of aromatic nitrogens is 3. The van der Waals surface area contributed by atoms with E-state index in [-0.39, 0.29) is 41.8 Å². The molecule has 2 aromatic heterocycles. The molecule has 1 amide bonds. The van der Waals surface area contributed by atoms with Gasteiger partial charge in [0.25, 0.3) is 17.5 Å². The summed E-state index contributed by atoms with van der Waals surface area (Å²) in [6.45, 7) is 7.76. The molecule has 0 radical (unpaired) electrons. The summed E-state index contributed by atoms with van der Waals surface area (Å²) >= 11 is 0. The van der Waals surface area contributed by atoms with Gasteiger partial charge in [-0.15, -0.1) is 0 Å². The number of carbonyl (C=O) groups excluding carboxylic acids is 1. The molecule has 1 N–H and O–H groups in total. The number of hydrogen-bond acceptors (Lipinski definition) is 10. The molecule has 2 aromatic carbocycles. The van der Waals surface area contributed by atoms with E-state index in [2.05, 4.69) is 15.0 Å². The van der Waals surface area contributed by atoms with Crippen molar-refractivity contribution in [2.24, 2.45) is 0 Å². The maximum atomic E-state index is 14.1. The van der Waals surface area contributed by atoms with Crippen molar-refractivity contribution in [1.82, 2.24) is 19.9 Å². The van der Waals surface area contributed by atoms with Crippen molar-refractivity contribution in [3.05, 3.63) is 52.8 Å². The minimum absolute atomic E-state index is 0.0840. The summed E-state index contributed by atoms with van der Waals surface area (Å²) in [6.07, 6.45) is -0.413. The van der Waals surface area contributed by atoms with Crippen LogP contribution in [0.1, 0.15) is 42.9 Å². The fraction of sp³-hybridized carbons (Fsp3) is 0.367. The van der Waals surface area contributed by atoms with Gasteiger partial charge in [-0.05, 0) is 68.5 Å². The summed E-state index contributed by atoms with van der Waals surface area (Å²) in [5, 5.41) is 8.93. The number of amides is 1. The first-order valence-electron chi connectivity index (χ1n) is 13.8. The second-order valence-corrected chi connectivity index (χ2v) is 10.1. The molecular weight excluding hydrogens is 563 g/mol. The summed E-state index contributed by atoms with van der Waals surface area (Å²) in [4.78, 5) is 38.3. The lowest BCUT2D eigenvalue weighted by Gasteiger charge is -2.23. The zero-order valence-electron chi connectivity index (χ0n) is 24.2. The van der Waals surface area contributed by atoms with Gasteiger partial charge in [-0.25, -0.2) is 14.2 Å². The molecule has 5 rings (SSSR count). The number of likely N-dealkylation sites (tertiary alicyclic amines) is 1. The summed E-state index contributed by atoms with van der Waals surface area (Å²) in [7, 11) is 0. The van der Waals surface area contributed by atoms with Gasteiger partial charge in [0.05, 0.1) is 6.61 Å². The molecule has 1 atom stereocenters. The molecule has 13 heteroatoms. The van der Waals surface area contributed by atoms with Crippen LogP contribution in [0.2, 0.25) is 0 Å². The quantitative estimate of drug-likeness (QED) is 0.217. The van der Waals surface area contributed by atoms with Crippen LogP contribution in [-0.4, -0.2) is 63.0 Å². The van der Waals surface area contributed by atoms with E-state index in [1.807, 2.05) is 20.8 Å². The molecule has 1 fully saturated rings. The van der Waals surface area contributed by atoms with E-state index in [1.165, 1.54) is 11.0 Å². The van der Waals surface area contributed by atoms with Crippen LogP contribution in [-0.2, 0) is 9.53 Å². The number of hydrogen-bond donors (Lipinski definition) is 1. The van der Waals surface area contributed by atoms with Crippen molar-refractivity contribution in [2.45, 2.75) is 53.2 Å². The Bertz CT molecular complexity index is 1650. The number of halogens is 1. The lowest BCUT2D eigenvalue weighted by atomic mass is 10.1. The topological polar surface area (TPSA) is 146 Å². The highest BCUT2D eigenvalue weighted by atomic mass is 19.1. The number of benzene rings is 2. The minimum Gasteiger partial charge on any atom is -0.483 e. The maximum Gasteiger partial charge on any atom is 0.507 e. The van der Waals surface area contributed by atoms with Gasteiger partial charge in [-0.3, -0.25) is 4.79 Å². The molecule has 0 aliphatic carbocycles. The van der Waals surface area contributed by atoms with Gasteiger partial charge >= 0.3 is 12.2 Å². The number of aryl methyl sites for hydroxylation is 3. The van der Waals surface area contributed by atoms with Gasteiger partial charge < -0.3 is 33.4 Å². The van der Waals surface area contributed by atoms with Crippen molar-refractivity contribution < 1.29 is 42.5 Å². The van der Waals surface area contributed by atoms with Crippen molar-refractivity contribution in [3.63, 3.8) is 0 Å². The van der Waals surface area contributed by atoms with Crippen LogP contribution in [0, 0.1) is 26.6 Å². The molecule has 1 aliphatic heterocycles. The van der Waals surface area contributed by atoms with Crippen LogP contribution in [0.15, 0.2) is 34.7 Å². The van der Waals surface area contributed by atoms with E-state index in [0.29, 0.717) is 48.4 Å². The first-order chi connectivity index (χ1) is 20.6. The predicted octanol–water partition coefficient (Wildman–Crippen LogP) is 5.95. The Hall–Kier alpha value is -4.94. The molecule has 0 bridgehead atoms. The van der Waals surface area contributed by atoms with E-state index in [1.54, 1.807) is 31.2 Å². The van der Waals surface area contributed by atoms with E-state index in [0.717, 1.165) is 17.5 Å². The largest absolute Gasteiger partial charge is 0.507 e. The number of oxazole rings is 1. The highest BCUT2D eigenvalue weighted by Gasteiger charge is 2.32. The Kier molecular flexibility index (Phi) is 8.60. The molecule has 0 spiro atoms. The lowest BCUT2D eigenvalue weighted by Crippen LogP contribution is -2.40. The molecule has 43 heavy (non-hydrogen) atoms. The van der Waals surface area contributed by atoms with Crippen LogP contribution < -0.4 is 14.2 Å². The van der Waals surface area contributed by atoms with Gasteiger partial charge in [-0.2, -0.15) is 9.97 Å². The van der Waals surface area contributed by atoms with Gasteiger partial charge in [0.1, 0.15) is 17.3 Å². The number of fused-ring (bicyclic) bond motifs is 1. The highest BCUT2D eigenvalue weighted by molar-refractivity contribution is 5.79. The molecule has 12 nitrogen and oxygen atoms in total. The van der Waals surface area contributed by atoms with Gasteiger partial charge in [-0.1, -0.05) is 13.0 Å².